The van der Waals surface area contributed by atoms with E-state index in [9.17, 15) is 14.0 Å². The van der Waals surface area contributed by atoms with Crippen LogP contribution < -0.4 is 5.32 Å². The number of rotatable bonds is 4. The molecule has 25 heavy (non-hydrogen) atoms. The molecule has 5 nitrogen and oxygen atoms in total. The first-order chi connectivity index (χ1) is 12.0. The van der Waals surface area contributed by atoms with Crippen molar-refractivity contribution in [1.29, 1.82) is 0 Å². The third-order valence-electron chi connectivity index (χ3n) is 4.01. The van der Waals surface area contributed by atoms with Gasteiger partial charge in [-0.2, -0.15) is 5.10 Å². The Labute approximate surface area is 145 Å². The van der Waals surface area contributed by atoms with E-state index in [-0.39, 0.29) is 30.6 Å². The minimum Gasteiger partial charge on any atom is -0.321 e. The maximum Gasteiger partial charge on any atom is 0.271 e. The monoisotopic (exact) mass is 339 g/mol. The van der Waals surface area contributed by atoms with E-state index in [0.717, 1.165) is 16.8 Å². The summed E-state index contributed by atoms with van der Waals surface area (Å²) in [5.41, 5.74) is 2.73. The standard InChI is InChI=1S/C19H18FN3O2/c1-13-4-2-3-5-16(13)21-19(25)17-10-11-18(24)23(22-17)12-14-6-8-15(20)9-7-14/h2-9H,10-12H2,1H3,(H,21,25). The van der Waals surface area contributed by atoms with Crippen molar-refractivity contribution in [2.24, 2.45) is 5.10 Å². The van der Waals surface area contributed by atoms with Crippen LogP contribution in [0.3, 0.4) is 0 Å². The van der Waals surface area contributed by atoms with E-state index in [0.29, 0.717) is 12.1 Å². The molecule has 2 aromatic rings. The van der Waals surface area contributed by atoms with Crippen LogP contribution in [0.5, 0.6) is 0 Å². The molecular weight excluding hydrogens is 321 g/mol. The van der Waals surface area contributed by atoms with Gasteiger partial charge in [-0.05, 0) is 36.2 Å². The molecule has 0 saturated carbocycles. The second-order valence-corrected chi connectivity index (χ2v) is 5.89. The number of hydrazone groups is 1. The number of halogens is 1. The predicted octanol–water partition coefficient (Wildman–Crippen LogP) is 3.25. The number of carbonyl (C=O) groups excluding carboxylic acids is 2. The van der Waals surface area contributed by atoms with Crippen LogP contribution in [0, 0.1) is 12.7 Å². The van der Waals surface area contributed by atoms with Crippen molar-refractivity contribution < 1.29 is 14.0 Å². The van der Waals surface area contributed by atoms with E-state index in [1.54, 1.807) is 12.1 Å². The second-order valence-electron chi connectivity index (χ2n) is 5.89. The summed E-state index contributed by atoms with van der Waals surface area (Å²) in [5, 5.41) is 8.30. The molecule has 0 atom stereocenters. The maximum absolute atomic E-state index is 13.0. The molecule has 0 fully saturated rings. The number of hydrogen-bond acceptors (Lipinski definition) is 3. The molecule has 1 heterocycles. The molecule has 2 amide bonds. The second kappa shape index (κ2) is 7.25. The lowest BCUT2D eigenvalue weighted by Gasteiger charge is -2.23. The molecule has 2 aromatic carbocycles. The summed E-state index contributed by atoms with van der Waals surface area (Å²) < 4.78 is 13.0. The minimum absolute atomic E-state index is 0.156. The number of carbonyl (C=O) groups is 2. The highest BCUT2D eigenvalue weighted by molar-refractivity contribution is 6.43. The van der Waals surface area contributed by atoms with Crippen molar-refractivity contribution in [3.63, 3.8) is 0 Å². The molecule has 0 aromatic heterocycles. The highest BCUT2D eigenvalue weighted by Gasteiger charge is 2.24. The van der Waals surface area contributed by atoms with Crippen molar-refractivity contribution in [1.82, 2.24) is 5.01 Å². The van der Waals surface area contributed by atoms with Gasteiger partial charge in [-0.25, -0.2) is 9.40 Å². The van der Waals surface area contributed by atoms with Gasteiger partial charge in [0.25, 0.3) is 5.91 Å². The molecule has 1 N–H and O–H groups in total. The molecule has 0 bridgehead atoms. The van der Waals surface area contributed by atoms with Gasteiger partial charge in [-0.3, -0.25) is 9.59 Å². The number of anilines is 1. The molecular formula is C19H18FN3O2. The highest BCUT2D eigenvalue weighted by atomic mass is 19.1. The van der Waals surface area contributed by atoms with Crippen LogP contribution in [-0.4, -0.2) is 22.5 Å². The van der Waals surface area contributed by atoms with Crippen LogP contribution in [-0.2, 0) is 16.1 Å². The van der Waals surface area contributed by atoms with Crippen LogP contribution in [0.25, 0.3) is 0 Å². The lowest BCUT2D eigenvalue weighted by molar-refractivity contribution is -0.132. The Bertz CT molecular complexity index is 831. The van der Waals surface area contributed by atoms with Gasteiger partial charge >= 0.3 is 0 Å². The van der Waals surface area contributed by atoms with E-state index in [1.807, 2.05) is 31.2 Å². The molecule has 0 saturated heterocycles. The smallest absolute Gasteiger partial charge is 0.271 e. The Kier molecular flexibility index (Phi) is 4.88. The zero-order valence-electron chi connectivity index (χ0n) is 13.8. The summed E-state index contributed by atoms with van der Waals surface area (Å²) in [6.45, 7) is 2.11. The van der Waals surface area contributed by atoms with Gasteiger partial charge in [0.1, 0.15) is 11.5 Å². The van der Waals surface area contributed by atoms with E-state index < -0.39 is 0 Å². The zero-order valence-corrected chi connectivity index (χ0v) is 13.8. The zero-order chi connectivity index (χ0) is 17.8. The minimum atomic E-state index is -0.337. The van der Waals surface area contributed by atoms with Crippen molar-refractivity contribution in [2.45, 2.75) is 26.3 Å². The fourth-order valence-corrected chi connectivity index (χ4v) is 2.56. The van der Waals surface area contributed by atoms with Crippen LogP contribution in [0.1, 0.15) is 24.0 Å². The molecule has 0 radical (unpaired) electrons. The molecule has 0 spiro atoms. The first kappa shape index (κ1) is 16.8. The van der Waals surface area contributed by atoms with Gasteiger partial charge in [0.15, 0.2) is 0 Å². The topological polar surface area (TPSA) is 61.8 Å². The average Bonchev–Trinajstić information content (AvgIpc) is 2.60. The van der Waals surface area contributed by atoms with Crippen LogP contribution >= 0.6 is 0 Å². The van der Waals surface area contributed by atoms with Crippen molar-refractivity contribution >= 4 is 23.2 Å². The number of hydrogen-bond donors (Lipinski definition) is 1. The predicted molar refractivity (Wildman–Crippen MR) is 93.4 cm³/mol. The third-order valence-corrected chi connectivity index (χ3v) is 4.01. The Morgan fingerprint density at radius 3 is 2.60 bits per heavy atom. The average molecular weight is 339 g/mol. The van der Waals surface area contributed by atoms with Gasteiger partial charge < -0.3 is 5.32 Å². The van der Waals surface area contributed by atoms with Crippen molar-refractivity contribution in [3.8, 4) is 0 Å². The number of benzene rings is 2. The summed E-state index contributed by atoms with van der Waals surface area (Å²) in [6.07, 6.45) is 0.525. The molecule has 0 unspecified atom stereocenters. The number of aryl methyl sites for hydroxylation is 1. The van der Waals surface area contributed by atoms with Gasteiger partial charge in [0.2, 0.25) is 5.91 Å². The Morgan fingerprint density at radius 1 is 1.16 bits per heavy atom. The first-order valence-electron chi connectivity index (χ1n) is 8.02. The Balaban J connectivity index is 1.74. The summed E-state index contributed by atoms with van der Waals surface area (Å²) in [7, 11) is 0. The van der Waals surface area contributed by atoms with Gasteiger partial charge in [-0.15, -0.1) is 0 Å². The molecule has 1 aliphatic heterocycles. The molecule has 3 rings (SSSR count). The van der Waals surface area contributed by atoms with E-state index in [2.05, 4.69) is 10.4 Å². The number of amides is 2. The number of nitrogens with zero attached hydrogens (tertiary/aromatic N) is 2. The van der Waals surface area contributed by atoms with Gasteiger partial charge in [0.05, 0.1) is 6.54 Å². The summed E-state index contributed by atoms with van der Waals surface area (Å²) in [5.74, 6) is -0.807. The molecule has 6 heteroatoms. The summed E-state index contributed by atoms with van der Waals surface area (Å²) in [4.78, 5) is 24.5. The number of para-hydroxylation sites is 1. The largest absolute Gasteiger partial charge is 0.321 e. The maximum atomic E-state index is 13.0. The van der Waals surface area contributed by atoms with Crippen LogP contribution in [0.15, 0.2) is 53.6 Å². The van der Waals surface area contributed by atoms with E-state index >= 15 is 0 Å². The fourth-order valence-electron chi connectivity index (χ4n) is 2.56. The van der Waals surface area contributed by atoms with Crippen molar-refractivity contribution in [2.75, 3.05) is 5.32 Å². The van der Waals surface area contributed by atoms with Crippen molar-refractivity contribution in [3.05, 3.63) is 65.5 Å². The highest BCUT2D eigenvalue weighted by Crippen LogP contribution is 2.17. The van der Waals surface area contributed by atoms with Gasteiger partial charge in [-0.1, -0.05) is 30.3 Å². The Hall–Kier alpha value is -3.02. The molecule has 0 aliphatic carbocycles. The SMILES string of the molecule is Cc1ccccc1NC(=O)C1=NN(Cc2ccc(F)cc2)C(=O)CC1. The Morgan fingerprint density at radius 2 is 1.88 bits per heavy atom. The summed E-state index contributed by atoms with van der Waals surface area (Å²) in [6, 6.07) is 13.3. The lowest BCUT2D eigenvalue weighted by Crippen LogP contribution is -2.36. The van der Waals surface area contributed by atoms with E-state index in [4.69, 9.17) is 0 Å². The summed E-state index contributed by atoms with van der Waals surface area (Å²) >= 11 is 0. The van der Waals surface area contributed by atoms with Crippen LogP contribution in [0.2, 0.25) is 0 Å². The van der Waals surface area contributed by atoms with E-state index in [1.165, 1.54) is 17.1 Å². The van der Waals surface area contributed by atoms with Gasteiger partial charge in [0, 0.05) is 18.5 Å². The quantitative estimate of drug-likeness (QED) is 0.929. The molecule has 128 valence electrons. The normalized spacial score (nSPS) is 14.2. The first-order valence-corrected chi connectivity index (χ1v) is 8.02. The van der Waals surface area contributed by atoms with Crippen LogP contribution in [0.4, 0.5) is 10.1 Å². The fraction of sp³-hybridized carbons (Fsp3) is 0.211. The third kappa shape index (κ3) is 4.09. The molecule has 1 aliphatic rings. The lowest BCUT2D eigenvalue weighted by atomic mass is 10.1. The number of nitrogens with one attached hydrogen (secondary N) is 1.